The number of carbonyl (C=O) groups is 2. The molecule has 1 aromatic heterocycles. The molecule has 12 heteroatoms. The van der Waals surface area contributed by atoms with Crippen LogP contribution in [0, 0.1) is 0 Å². The third-order valence-corrected chi connectivity index (χ3v) is 8.20. The fourth-order valence-corrected chi connectivity index (χ4v) is 5.98. The van der Waals surface area contributed by atoms with Gasteiger partial charge in [0.05, 0.1) is 30.3 Å². The molecule has 46 heavy (non-hydrogen) atoms. The van der Waals surface area contributed by atoms with Crippen LogP contribution >= 0.6 is 0 Å². The van der Waals surface area contributed by atoms with Gasteiger partial charge in [0.25, 0.3) is 5.91 Å². The lowest BCUT2D eigenvalue weighted by Crippen LogP contribution is -2.54. The first-order valence-electron chi connectivity index (χ1n) is 15.7. The number of hydrogen-bond acceptors (Lipinski definition) is 6. The van der Waals surface area contributed by atoms with Crippen LogP contribution in [0.3, 0.4) is 0 Å². The summed E-state index contributed by atoms with van der Waals surface area (Å²) in [6.45, 7) is 19.4. The van der Waals surface area contributed by atoms with E-state index in [0.717, 1.165) is 41.4 Å². The minimum atomic E-state index is -3.60. The van der Waals surface area contributed by atoms with Gasteiger partial charge in [0.1, 0.15) is 5.69 Å². The van der Waals surface area contributed by atoms with E-state index < -0.39 is 10.0 Å². The second-order valence-corrected chi connectivity index (χ2v) is 15.3. The molecule has 11 nitrogen and oxygen atoms in total. The van der Waals surface area contributed by atoms with Crippen molar-refractivity contribution in [2.45, 2.75) is 72.9 Å². The Labute approximate surface area is 274 Å². The van der Waals surface area contributed by atoms with Gasteiger partial charge < -0.3 is 24.8 Å². The Morgan fingerprint density at radius 1 is 0.935 bits per heavy atom. The molecule has 254 valence electrons. The van der Waals surface area contributed by atoms with Gasteiger partial charge in [-0.25, -0.2) is 13.2 Å². The molecule has 0 bridgehead atoms. The Morgan fingerprint density at radius 3 is 2.09 bits per heavy atom. The zero-order valence-corrected chi connectivity index (χ0v) is 30.1. The topological polar surface area (TPSA) is 125 Å². The third-order valence-electron chi connectivity index (χ3n) is 7.61. The monoisotopic (exact) mass is 656 g/mol. The van der Waals surface area contributed by atoms with Crippen LogP contribution in [0.1, 0.15) is 77.0 Å². The number of sulfonamides is 1. The number of aromatic nitrogens is 1. The third kappa shape index (κ3) is 9.16. The number of amides is 3. The molecule has 3 N–H and O–H groups in total. The van der Waals surface area contributed by atoms with Gasteiger partial charge in [0.15, 0.2) is 5.75 Å². The van der Waals surface area contributed by atoms with Crippen molar-refractivity contribution >= 4 is 44.2 Å². The quantitative estimate of drug-likeness (QED) is 0.297. The molecule has 0 atom stereocenters. The van der Waals surface area contributed by atoms with Crippen molar-refractivity contribution in [3.8, 4) is 5.75 Å². The number of ether oxygens (including phenoxy) is 1. The molecule has 4 rings (SSSR count). The number of para-hydroxylation sites is 1. The van der Waals surface area contributed by atoms with Crippen LogP contribution < -0.4 is 20.1 Å². The zero-order valence-electron chi connectivity index (χ0n) is 29.3. The number of urea groups is 1. The maximum Gasteiger partial charge on any atom is 0.317 e. The van der Waals surface area contributed by atoms with Crippen LogP contribution in [0.4, 0.5) is 16.2 Å². The Morgan fingerprint density at radius 2 is 1.54 bits per heavy atom. The van der Waals surface area contributed by atoms with Gasteiger partial charge >= 0.3 is 6.03 Å². The summed E-state index contributed by atoms with van der Waals surface area (Å²) in [6, 6.07) is 11.4. The number of fused-ring (bicyclic) bond motifs is 1. The number of hydrogen-bond donors (Lipinski definition) is 3. The van der Waals surface area contributed by atoms with Crippen molar-refractivity contribution in [2.75, 3.05) is 49.6 Å². The van der Waals surface area contributed by atoms with Gasteiger partial charge in [0, 0.05) is 50.7 Å². The minimum absolute atomic E-state index is 0.0405. The number of anilines is 2. The van der Waals surface area contributed by atoms with Crippen molar-refractivity contribution in [3.05, 3.63) is 53.2 Å². The number of rotatable bonds is 7. The van der Waals surface area contributed by atoms with E-state index >= 15 is 0 Å². The molecule has 1 fully saturated rings. The fraction of sp³-hybridized carbons (Fsp3) is 0.529. The molecule has 1 saturated heterocycles. The number of nitrogens with zero attached hydrogens (tertiary/aromatic N) is 3. The van der Waals surface area contributed by atoms with Crippen molar-refractivity contribution < 1.29 is 22.7 Å². The Bertz CT molecular complexity index is 1660. The maximum absolute atomic E-state index is 13.8. The van der Waals surface area contributed by atoms with E-state index in [-0.39, 0.29) is 34.3 Å². The highest BCUT2D eigenvalue weighted by Gasteiger charge is 2.26. The van der Waals surface area contributed by atoms with Crippen LogP contribution in [-0.4, -0.2) is 79.8 Å². The summed E-state index contributed by atoms with van der Waals surface area (Å²) in [4.78, 5) is 30.5. The van der Waals surface area contributed by atoms with Gasteiger partial charge in [-0.05, 0) is 55.5 Å². The summed E-state index contributed by atoms with van der Waals surface area (Å²) in [6.07, 6.45) is 1.07. The number of aryl methyl sites for hydroxylation is 1. The van der Waals surface area contributed by atoms with E-state index in [4.69, 9.17) is 4.74 Å². The number of piperazine rings is 1. The summed E-state index contributed by atoms with van der Waals surface area (Å²) in [5, 5.41) is 6.95. The molecule has 0 radical (unpaired) electrons. The van der Waals surface area contributed by atoms with E-state index in [1.54, 1.807) is 6.07 Å². The van der Waals surface area contributed by atoms with E-state index in [1.165, 1.54) is 7.11 Å². The van der Waals surface area contributed by atoms with Crippen LogP contribution in [0.15, 0.2) is 36.4 Å². The minimum Gasteiger partial charge on any atom is -0.492 e. The van der Waals surface area contributed by atoms with Gasteiger partial charge in [-0.3, -0.25) is 14.4 Å². The predicted octanol–water partition coefficient (Wildman–Crippen LogP) is 5.76. The van der Waals surface area contributed by atoms with Crippen molar-refractivity contribution in [3.63, 3.8) is 0 Å². The number of nitrogens with one attached hydrogen (secondary N) is 3. The molecule has 3 aromatic rings. The van der Waals surface area contributed by atoms with E-state index in [0.29, 0.717) is 31.0 Å². The summed E-state index contributed by atoms with van der Waals surface area (Å²) in [5.74, 6) is -0.116. The van der Waals surface area contributed by atoms with E-state index in [2.05, 4.69) is 26.3 Å². The first kappa shape index (κ1) is 36.7. The maximum atomic E-state index is 13.8. The van der Waals surface area contributed by atoms with Crippen LogP contribution in [0.2, 0.25) is 0 Å². The Balaban J connectivity index is 0.00000282. The largest absolute Gasteiger partial charge is 0.492 e. The van der Waals surface area contributed by atoms with Crippen molar-refractivity contribution in [1.29, 1.82) is 0 Å². The molecular weight excluding hydrogens is 604 g/mol. The van der Waals surface area contributed by atoms with Crippen molar-refractivity contribution in [1.82, 2.24) is 19.7 Å². The molecule has 2 heterocycles. The second-order valence-electron chi connectivity index (χ2n) is 13.6. The van der Waals surface area contributed by atoms with Gasteiger partial charge in [-0.1, -0.05) is 52.8 Å². The number of benzene rings is 2. The molecule has 3 amide bonds. The van der Waals surface area contributed by atoms with Crippen molar-refractivity contribution in [2.24, 2.45) is 7.05 Å². The lowest BCUT2D eigenvalue weighted by Gasteiger charge is -2.36. The SMILES string of the molecule is CC.COc1c(NC(=O)c2cc3cccc(CN4CCN(C(=O)NC(C)(C)C)CC4)c3n2C)cc(C(C)(C)C)cc1NS(C)(=O)=O. The van der Waals surface area contributed by atoms with Crippen LogP contribution in [0.25, 0.3) is 10.9 Å². The molecular formula is C34H52N6O5S. The molecule has 1 aliphatic heterocycles. The van der Waals surface area contributed by atoms with Gasteiger partial charge in [-0.15, -0.1) is 0 Å². The fourth-order valence-electron chi connectivity index (χ4n) is 5.43. The van der Waals surface area contributed by atoms with Gasteiger partial charge in [0.2, 0.25) is 10.0 Å². The second kappa shape index (κ2) is 14.3. The normalized spacial score (nSPS) is 14.4. The lowest BCUT2D eigenvalue weighted by molar-refractivity contribution is 0.101. The first-order valence-corrected chi connectivity index (χ1v) is 17.6. The smallest absolute Gasteiger partial charge is 0.317 e. The Kier molecular flexibility index (Phi) is 11.4. The molecule has 0 unspecified atom stereocenters. The highest BCUT2D eigenvalue weighted by Crippen LogP contribution is 2.39. The summed E-state index contributed by atoms with van der Waals surface area (Å²) in [5.41, 5.74) is 3.35. The molecule has 2 aromatic carbocycles. The van der Waals surface area contributed by atoms with E-state index in [1.807, 2.05) is 96.2 Å². The highest BCUT2D eigenvalue weighted by atomic mass is 32.2. The van der Waals surface area contributed by atoms with E-state index in [9.17, 15) is 18.0 Å². The standard InChI is InChI=1S/C32H46N6O5S.C2H6/c1-31(2,3)23-18-24(28(43-8)25(19-23)35-44(9,41)42)33-29(39)26-17-21-11-10-12-22(27(21)36(26)7)20-37-13-15-38(16-14-37)30(40)34-32(4,5)6;1-2/h10-12,17-19,35H,13-16,20H2,1-9H3,(H,33,39)(H,34,40);1-2H3. The Hall–Kier alpha value is -3.77. The molecule has 0 saturated carbocycles. The van der Waals surface area contributed by atoms with Gasteiger partial charge in [-0.2, -0.15) is 0 Å². The van der Waals surface area contributed by atoms with Crippen LogP contribution in [0.5, 0.6) is 5.75 Å². The summed E-state index contributed by atoms with van der Waals surface area (Å²) >= 11 is 0. The predicted molar refractivity (Wildman–Crippen MR) is 188 cm³/mol. The summed E-state index contributed by atoms with van der Waals surface area (Å²) < 4.78 is 34.2. The molecule has 1 aliphatic rings. The number of carbonyl (C=O) groups excluding carboxylic acids is 2. The van der Waals surface area contributed by atoms with Crippen LogP contribution in [-0.2, 0) is 29.0 Å². The average Bonchev–Trinajstić information content (AvgIpc) is 3.29. The average molecular weight is 657 g/mol. The first-order chi connectivity index (χ1) is 21.4. The molecule has 0 aliphatic carbocycles. The lowest BCUT2D eigenvalue weighted by atomic mass is 9.86. The zero-order chi connectivity index (χ0) is 34.6. The number of methoxy groups -OCH3 is 1. The molecule has 0 spiro atoms. The summed E-state index contributed by atoms with van der Waals surface area (Å²) in [7, 11) is -0.289. The highest BCUT2D eigenvalue weighted by molar-refractivity contribution is 7.92.